The number of carbonyl (C=O) groups is 1. The standard InChI is InChI=1S/C19H22N4O3/c1-5-23-12(2)13(9-21-23)11-22(3)19(25)16-10-20-17-7-6-14(26-4)8-15(17)18(16)24/h6-10H,5,11H2,1-4H3,(H,20,24). The molecule has 0 bridgehead atoms. The third-order valence-corrected chi connectivity index (χ3v) is 4.58. The number of ether oxygens (including phenoxy) is 1. The van der Waals surface area contributed by atoms with Gasteiger partial charge in [-0.05, 0) is 32.0 Å². The van der Waals surface area contributed by atoms with Crippen molar-refractivity contribution in [1.82, 2.24) is 19.7 Å². The lowest BCUT2D eigenvalue weighted by atomic mass is 10.1. The summed E-state index contributed by atoms with van der Waals surface area (Å²) < 4.78 is 7.05. The van der Waals surface area contributed by atoms with Crippen LogP contribution in [0.2, 0.25) is 0 Å². The molecule has 136 valence electrons. The molecule has 0 saturated carbocycles. The number of aromatic nitrogens is 3. The first-order valence-electron chi connectivity index (χ1n) is 8.42. The van der Waals surface area contributed by atoms with Crippen molar-refractivity contribution in [3.05, 3.63) is 57.6 Å². The molecule has 2 heterocycles. The molecule has 1 aromatic carbocycles. The predicted molar refractivity (Wildman–Crippen MR) is 99.6 cm³/mol. The van der Waals surface area contributed by atoms with Crippen LogP contribution in [0.1, 0.15) is 28.5 Å². The zero-order valence-electron chi connectivity index (χ0n) is 15.4. The van der Waals surface area contributed by atoms with E-state index in [-0.39, 0.29) is 16.9 Å². The van der Waals surface area contributed by atoms with Gasteiger partial charge >= 0.3 is 0 Å². The van der Waals surface area contributed by atoms with Gasteiger partial charge in [0.1, 0.15) is 11.3 Å². The van der Waals surface area contributed by atoms with Crippen molar-refractivity contribution in [2.24, 2.45) is 0 Å². The van der Waals surface area contributed by atoms with E-state index < -0.39 is 0 Å². The number of nitrogens with one attached hydrogen (secondary N) is 1. The van der Waals surface area contributed by atoms with E-state index in [9.17, 15) is 9.59 Å². The van der Waals surface area contributed by atoms with E-state index in [0.29, 0.717) is 23.2 Å². The fraction of sp³-hybridized carbons (Fsp3) is 0.316. The van der Waals surface area contributed by atoms with Gasteiger partial charge in [0.2, 0.25) is 5.43 Å². The lowest BCUT2D eigenvalue weighted by Gasteiger charge is -2.17. The van der Waals surface area contributed by atoms with Gasteiger partial charge in [-0.15, -0.1) is 0 Å². The van der Waals surface area contributed by atoms with Gasteiger partial charge in [-0.25, -0.2) is 0 Å². The fourth-order valence-corrected chi connectivity index (χ4v) is 2.98. The maximum Gasteiger partial charge on any atom is 0.259 e. The Morgan fingerprint density at radius 3 is 2.81 bits per heavy atom. The summed E-state index contributed by atoms with van der Waals surface area (Å²) in [4.78, 5) is 30.1. The first-order valence-corrected chi connectivity index (χ1v) is 8.42. The quantitative estimate of drug-likeness (QED) is 0.763. The molecule has 0 unspecified atom stereocenters. The average Bonchev–Trinajstić information content (AvgIpc) is 3.01. The second-order valence-corrected chi connectivity index (χ2v) is 6.18. The second kappa shape index (κ2) is 7.03. The monoisotopic (exact) mass is 354 g/mol. The summed E-state index contributed by atoms with van der Waals surface area (Å²) >= 11 is 0. The van der Waals surface area contributed by atoms with E-state index in [2.05, 4.69) is 10.1 Å². The lowest BCUT2D eigenvalue weighted by molar-refractivity contribution is 0.0783. The summed E-state index contributed by atoms with van der Waals surface area (Å²) in [6.07, 6.45) is 3.23. The van der Waals surface area contributed by atoms with Gasteiger partial charge in [0.05, 0.1) is 13.3 Å². The molecule has 7 heteroatoms. The van der Waals surface area contributed by atoms with Gasteiger partial charge < -0.3 is 14.6 Å². The molecule has 26 heavy (non-hydrogen) atoms. The number of aryl methyl sites for hydroxylation is 1. The molecular formula is C19H22N4O3. The number of methoxy groups -OCH3 is 1. The van der Waals surface area contributed by atoms with Crippen LogP contribution in [-0.2, 0) is 13.1 Å². The highest BCUT2D eigenvalue weighted by Crippen LogP contribution is 2.17. The number of rotatable bonds is 5. The van der Waals surface area contributed by atoms with Crippen LogP contribution < -0.4 is 10.2 Å². The van der Waals surface area contributed by atoms with E-state index in [1.54, 1.807) is 31.4 Å². The smallest absolute Gasteiger partial charge is 0.259 e. The maximum atomic E-state index is 12.8. The Hall–Kier alpha value is -3.09. The third kappa shape index (κ3) is 3.08. The van der Waals surface area contributed by atoms with Gasteiger partial charge in [-0.2, -0.15) is 5.10 Å². The van der Waals surface area contributed by atoms with Crippen LogP contribution in [0.15, 0.2) is 35.4 Å². The number of hydrogen-bond donors (Lipinski definition) is 1. The van der Waals surface area contributed by atoms with Crippen molar-refractivity contribution in [2.45, 2.75) is 26.9 Å². The van der Waals surface area contributed by atoms with Crippen LogP contribution >= 0.6 is 0 Å². The Kier molecular flexibility index (Phi) is 4.79. The highest BCUT2D eigenvalue weighted by atomic mass is 16.5. The van der Waals surface area contributed by atoms with Crippen molar-refractivity contribution in [3.8, 4) is 5.75 Å². The Labute approximate surface area is 151 Å². The van der Waals surface area contributed by atoms with Crippen LogP contribution in [-0.4, -0.2) is 39.7 Å². The minimum Gasteiger partial charge on any atom is -0.497 e. The zero-order chi connectivity index (χ0) is 18.8. The van der Waals surface area contributed by atoms with Crippen LogP contribution in [0.4, 0.5) is 0 Å². The molecule has 7 nitrogen and oxygen atoms in total. The molecule has 0 fully saturated rings. The molecule has 3 aromatic rings. The van der Waals surface area contributed by atoms with Crippen LogP contribution in [0, 0.1) is 6.92 Å². The van der Waals surface area contributed by atoms with Crippen molar-refractivity contribution in [2.75, 3.05) is 14.2 Å². The van der Waals surface area contributed by atoms with Gasteiger partial charge in [0.25, 0.3) is 5.91 Å². The molecule has 2 aromatic heterocycles. The first-order chi connectivity index (χ1) is 12.5. The summed E-state index contributed by atoms with van der Waals surface area (Å²) in [5.41, 5.74) is 2.44. The number of aromatic amines is 1. The summed E-state index contributed by atoms with van der Waals surface area (Å²) in [7, 11) is 3.22. The van der Waals surface area contributed by atoms with E-state index in [1.165, 1.54) is 18.2 Å². The number of nitrogens with zero attached hydrogens (tertiary/aromatic N) is 3. The van der Waals surface area contributed by atoms with Crippen molar-refractivity contribution >= 4 is 16.8 Å². The van der Waals surface area contributed by atoms with Gasteiger partial charge in [0, 0.05) is 48.5 Å². The lowest BCUT2D eigenvalue weighted by Crippen LogP contribution is -2.31. The Bertz CT molecular complexity index is 1020. The number of benzene rings is 1. The van der Waals surface area contributed by atoms with Crippen LogP contribution in [0.3, 0.4) is 0 Å². The fourth-order valence-electron chi connectivity index (χ4n) is 2.98. The summed E-state index contributed by atoms with van der Waals surface area (Å²) in [5, 5.41) is 4.72. The summed E-state index contributed by atoms with van der Waals surface area (Å²) in [6, 6.07) is 5.16. The Morgan fingerprint density at radius 1 is 1.38 bits per heavy atom. The SMILES string of the molecule is CCn1ncc(CN(C)C(=O)c2c[nH]c3ccc(OC)cc3c2=O)c1C. The van der Waals surface area contributed by atoms with Gasteiger partial charge in [0.15, 0.2) is 0 Å². The van der Waals surface area contributed by atoms with Gasteiger partial charge in [-0.1, -0.05) is 0 Å². The second-order valence-electron chi connectivity index (χ2n) is 6.18. The predicted octanol–water partition coefficient (Wildman–Crippen LogP) is 2.33. The molecule has 0 radical (unpaired) electrons. The van der Waals surface area contributed by atoms with Crippen molar-refractivity contribution in [3.63, 3.8) is 0 Å². The first kappa shape index (κ1) is 17.7. The molecule has 0 aliphatic heterocycles. The van der Waals surface area contributed by atoms with Crippen molar-refractivity contribution in [1.29, 1.82) is 0 Å². The molecule has 1 amide bonds. The molecule has 0 aliphatic rings. The van der Waals surface area contributed by atoms with Gasteiger partial charge in [-0.3, -0.25) is 14.3 Å². The number of pyridine rings is 1. The van der Waals surface area contributed by atoms with E-state index in [0.717, 1.165) is 17.8 Å². The number of H-pyrrole nitrogens is 1. The number of amides is 1. The molecule has 0 spiro atoms. The average molecular weight is 354 g/mol. The molecule has 0 aliphatic carbocycles. The highest BCUT2D eigenvalue weighted by molar-refractivity contribution is 5.97. The van der Waals surface area contributed by atoms with Crippen LogP contribution in [0.5, 0.6) is 5.75 Å². The topological polar surface area (TPSA) is 80.2 Å². The molecular weight excluding hydrogens is 332 g/mol. The maximum absolute atomic E-state index is 12.8. The Morgan fingerprint density at radius 2 is 2.15 bits per heavy atom. The highest BCUT2D eigenvalue weighted by Gasteiger charge is 2.19. The zero-order valence-corrected chi connectivity index (χ0v) is 15.4. The molecule has 0 atom stereocenters. The summed E-state index contributed by atoms with van der Waals surface area (Å²) in [6.45, 7) is 5.15. The van der Waals surface area contributed by atoms with E-state index in [1.807, 2.05) is 18.5 Å². The normalized spacial score (nSPS) is 10.9. The minimum absolute atomic E-state index is 0.105. The third-order valence-electron chi connectivity index (χ3n) is 4.58. The number of hydrogen-bond acceptors (Lipinski definition) is 4. The summed E-state index contributed by atoms with van der Waals surface area (Å²) in [5.74, 6) is 0.239. The molecule has 0 saturated heterocycles. The number of carbonyl (C=O) groups excluding carboxylic acids is 1. The van der Waals surface area contributed by atoms with Crippen molar-refractivity contribution < 1.29 is 9.53 Å². The van der Waals surface area contributed by atoms with E-state index >= 15 is 0 Å². The largest absolute Gasteiger partial charge is 0.497 e. The van der Waals surface area contributed by atoms with Crippen LogP contribution in [0.25, 0.3) is 10.9 Å². The van der Waals surface area contributed by atoms with E-state index in [4.69, 9.17) is 4.74 Å². The Balaban J connectivity index is 1.92. The molecule has 1 N–H and O–H groups in total. The minimum atomic E-state index is -0.334. The molecule has 3 rings (SSSR count). The number of fused-ring (bicyclic) bond motifs is 1.